The Hall–Kier alpha value is -1.76. The Morgan fingerprint density at radius 1 is 0.680 bits per heavy atom. The monoisotopic (exact) mass is 338 g/mol. The van der Waals surface area contributed by atoms with Gasteiger partial charge in [-0.05, 0) is 55.0 Å². The molecule has 2 aromatic carbocycles. The fourth-order valence-corrected chi connectivity index (χ4v) is 3.26. The number of ether oxygens (including phenoxy) is 1. The number of aryl methyl sites for hydroxylation is 1. The molecule has 0 aliphatic rings. The van der Waals surface area contributed by atoms with Crippen molar-refractivity contribution in [3.63, 3.8) is 0 Å². The maximum absolute atomic E-state index is 5.59. The second-order valence-corrected chi connectivity index (χ2v) is 6.95. The van der Waals surface area contributed by atoms with Gasteiger partial charge >= 0.3 is 0 Å². The van der Waals surface area contributed by atoms with Crippen LogP contribution in [-0.2, 0) is 12.8 Å². The zero-order valence-corrected chi connectivity index (χ0v) is 16.1. The fourth-order valence-electron chi connectivity index (χ4n) is 3.26. The van der Waals surface area contributed by atoms with Crippen LogP contribution < -0.4 is 4.74 Å². The lowest BCUT2D eigenvalue weighted by Gasteiger charge is -2.07. The molecule has 0 saturated carbocycles. The molecule has 0 aliphatic heterocycles. The van der Waals surface area contributed by atoms with Crippen LogP contribution in [0.25, 0.3) is 0 Å². The quantitative estimate of drug-likeness (QED) is 0.380. The van der Waals surface area contributed by atoms with Crippen molar-refractivity contribution in [2.24, 2.45) is 0 Å². The van der Waals surface area contributed by atoms with Gasteiger partial charge in [0.25, 0.3) is 0 Å². The molecule has 0 atom stereocenters. The first-order valence-corrected chi connectivity index (χ1v) is 10.1. The van der Waals surface area contributed by atoms with E-state index in [-0.39, 0.29) is 0 Å². The van der Waals surface area contributed by atoms with Crippen LogP contribution in [0, 0.1) is 0 Å². The Kier molecular flexibility index (Phi) is 9.18. The lowest BCUT2D eigenvalue weighted by atomic mass is 10.0. The normalized spacial score (nSPS) is 10.8. The molecular weight excluding hydrogens is 304 g/mol. The largest absolute Gasteiger partial charge is 0.494 e. The molecule has 0 spiro atoms. The van der Waals surface area contributed by atoms with Crippen molar-refractivity contribution in [1.82, 2.24) is 0 Å². The smallest absolute Gasteiger partial charge is 0.119 e. The molecule has 0 N–H and O–H groups in total. The third-order valence-electron chi connectivity index (χ3n) is 4.71. The molecule has 0 saturated heterocycles. The van der Waals surface area contributed by atoms with E-state index < -0.39 is 0 Å². The van der Waals surface area contributed by atoms with Gasteiger partial charge in [0.2, 0.25) is 0 Å². The molecule has 2 rings (SSSR count). The van der Waals surface area contributed by atoms with Gasteiger partial charge in [0.05, 0.1) is 6.61 Å². The SMILES string of the molecule is CCCCCCCCCc1ccc(Cc2cccc(OCC)c2)cc1. The van der Waals surface area contributed by atoms with Crippen molar-refractivity contribution in [1.29, 1.82) is 0 Å². The molecule has 0 heterocycles. The number of unbranched alkanes of at least 4 members (excludes halogenated alkanes) is 6. The summed E-state index contributed by atoms with van der Waals surface area (Å²) < 4.78 is 5.59. The van der Waals surface area contributed by atoms with Crippen molar-refractivity contribution >= 4 is 0 Å². The molecule has 0 aromatic heterocycles. The van der Waals surface area contributed by atoms with Crippen LogP contribution in [0.15, 0.2) is 48.5 Å². The molecule has 25 heavy (non-hydrogen) atoms. The number of benzene rings is 2. The molecule has 0 bridgehead atoms. The minimum absolute atomic E-state index is 0.719. The van der Waals surface area contributed by atoms with E-state index in [4.69, 9.17) is 4.74 Å². The van der Waals surface area contributed by atoms with Gasteiger partial charge in [-0.3, -0.25) is 0 Å². The topological polar surface area (TPSA) is 9.23 Å². The maximum atomic E-state index is 5.59. The second-order valence-electron chi connectivity index (χ2n) is 6.95. The Balaban J connectivity index is 1.73. The van der Waals surface area contributed by atoms with Crippen LogP contribution in [-0.4, -0.2) is 6.61 Å². The summed E-state index contributed by atoms with van der Waals surface area (Å²) >= 11 is 0. The van der Waals surface area contributed by atoms with Crippen LogP contribution in [0.1, 0.15) is 75.5 Å². The van der Waals surface area contributed by atoms with Crippen molar-refractivity contribution in [3.8, 4) is 5.75 Å². The van der Waals surface area contributed by atoms with E-state index in [0.717, 1.165) is 18.8 Å². The van der Waals surface area contributed by atoms with E-state index in [1.807, 2.05) is 13.0 Å². The number of hydrogen-bond donors (Lipinski definition) is 0. The predicted molar refractivity (Wildman–Crippen MR) is 109 cm³/mol. The minimum atomic E-state index is 0.719. The first-order valence-electron chi connectivity index (χ1n) is 10.1. The minimum Gasteiger partial charge on any atom is -0.494 e. The summed E-state index contributed by atoms with van der Waals surface area (Å²) in [6.07, 6.45) is 11.8. The van der Waals surface area contributed by atoms with Gasteiger partial charge in [0, 0.05) is 0 Å². The first kappa shape index (κ1) is 19.6. The van der Waals surface area contributed by atoms with Gasteiger partial charge in [0.1, 0.15) is 5.75 Å². The third kappa shape index (κ3) is 7.77. The number of rotatable bonds is 12. The molecule has 1 nitrogen and oxygen atoms in total. The Morgan fingerprint density at radius 3 is 2.08 bits per heavy atom. The molecule has 136 valence electrons. The van der Waals surface area contributed by atoms with E-state index in [9.17, 15) is 0 Å². The summed E-state index contributed by atoms with van der Waals surface area (Å²) in [5.41, 5.74) is 4.16. The molecule has 0 radical (unpaired) electrons. The summed E-state index contributed by atoms with van der Waals surface area (Å²) in [6.45, 7) is 5.02. The predicted octanol–water partition coefficient (Wildman–Crippen LogP) is 6.97. The number of hydrogen-bond acceptors (Lipinski definition) is 1. The van der Waals surface area contributed by atoms with Crippen molar-refractivity contribution in [2.75, 3.05) is 6.61 Å². The highest BCUT2D eigenvalue weighted by Gasteiger charge is 2.00. The fraction of sp³-hybridized carbons (Fsp3) is 0.500. The van der Waals surface area contributed by atoms with Crippen LogP contribution in [0.4, 0.5) is 0 Å². The lowest BCUT2D eigenvalue weighted by Crippen LogP contribution is -1.94. The molecule has 0 amide bonds. The highest BCUT2D eigenvalue weighted by atomic mass is 16.5. The van der Waals surface area contributed by atoms with Gasteiger partial charge in [0.15, 0.2) is 0 Å². The molecule has 2 aromatic rings. The van der Waals surface area contributed by atoms with Crippen molar-refractivity contribution in [3.05, 3.63) is 65.2 Å². The highest BCUT2D eigenvalue weighted by Crippen LogP contribution is 2.18. The Bertz CT molecular complexity index is 585. The molecule has 0 fully saturated rings. The summed E-state index contributed by atoms with van der Waals surface area (Å²) in [4.78, 5) is 0. The van der Waals surface area contributed by atoms with E-state index in [2.05, 4.69) is 49.4 Å². The molecule has 1 heteroatoms. The van der Waals surface area contributed by atoms with E-state index in [1.165, 1.54) is 68.1 Å². The van der Waals surface area contributed by atoms with Gasteiger partial charge in [-0.2, -0.15) is 0 Å². The summed E-state index contributed by atoms with van der Waals surface area (Å²) in [7, 11) is 0. The third-order valence-corrected chi connectivity index (χ3v) is 4.71. The summed E-state index contributed by atoms with van der Waals surface area (Å²) in [6, 6.07) is 17.6. The maximum Gasteiger partial charge on any atom is 0.119 e. The summed E-state index contributed by atoms with van der Waals surface area (Å²) in [5, 5.41) is 0. The highest BCUT2D eigenvalue weighted by molar-refractivity contribution is 5.33. The van der Waals surface area contributed by atoms with Crippen LogP contribution in [0.2, 0.25) is 0 Å². The Morgan fingerprint density at radius 2 is 1.36 bits per heavy atom. The lowest BCUT2D eigenvalue weighted by molar-refractivity contribution is 0.340. The average Bonchev–Trinajstić information content (AvgIpc) is 2.63. The van der Waals surface area contributed by atoms with Crippen molar-refractivity contribution in [2.45, 2.75) is 71.6 Å². The Labute approximate surface area is 154 Å². The zero-order chi connectivity index (χ0) is 17.7. The van der Waals surface area contributed by atoms with Crippen LogP contribution in [0.5, 0.6) is 5.75 Å². The zero-order valence-electron chi connectivity index (χ0n) is 16.1. The molecule has 0 unspecified atom stereocenters. The van der Waals surface area contributed by atoms with Crippen LogP contribution in [0.3, 0.4) is 0 Å². The van der Waals surface area contributed by atoms with Crippen molar-refractivity contribution < 1.29 is 4.74 Å². The van der Waals surface area contributed by atoms with Gasteiger partial charge in [-0.15, -0.1) is 0 Å². The van der Waals surface area contributed by atoms with Gasteiger partial charge in [-0.25, -0.2) is 0 Å². The molecule has 0 aliphatic carbocycles. The van der Waals surface area contributed by atoms with Gasteiger partial charge < -0.3 is 4.74 Å². The standard InChI is InChI=1S/C24H34O/c1-3-5-6-7-8-9-10-12-21-15-17-22(18-16-21)19-23-13-11-14-24(20-23)25-4-2/h11,13-18,20H,3-10,12,19H2,1-2H3. The van der Waals surface area contributed by atoms with E-state index >= 15 is 0 Å². The van der Waals surface area contributed by atoms with E-state index in [0.29, 0.717) is 0 Å². The van der Waals surface area contributed by atoms with Crippen LogP contribution >= 0.6 is 0 Å². The average molecular weight is 339 g/mol. The second kappa shape index (κ2) is 11.7. The van der Waals surface area contributed by atoms with Gasteiger partial charge in [-0.1, -0.05) is 81.8 Å². The van der Waals surface area contributed by atoms with E-state index in [1.54, 1.807) is 0 Å². The summed E-state index contributed by atoms with van der Waals surface area (Å²) in [5.74, 6) is 0.968. The first-order chi connectivity index (χ1) is 12.3. The molecular formula is C24H34O.